The molecule has 13 nitrogen and oxygen atoms in total. The molecule has 52 heavy (non-hydrogen) atoms. The number of benzene rings is 1. The van der Waals surface area contributed by atoms with Crippen molar-refractivity contribution in [3.63, 3.8) is 0 Å². The van der Waals surface area contributed by atoms with Crippen molar-refractivity contribution >= 4 is 45.5 Å². The molecule has 4 aliphatic rings. The van der Waals surface area contributed by atoms with Gasteiger partial charge >= 0.3 is 12.1 Å². The van der Waals surface area contributed by atoms with Crippen LogP contribution in [0.1, 0.15) is 83.8 Å². The topological polar surface area (TPSA) is 174 Å². The van der Waals surface area contributed by atoms with Crippen LogP contribution in [-0.4, -0.2) is 83.2 Å². The predicted molar refractivity (Wildman–Crippen MR) is 185 cm³/mol. The number of hydrogen-bond donors (Lipinski definition) is 1. The van der Waals surface area contributed by atoms with Crippen LogP contribution in [0.15, 0.2) is 43.0 Å². The first-order valence-electron chi connectivity index (χ1n) is 17.4. The second kappa shape index (κ2) is 14.6. The summed E-state index contributed by atoms with van der Waals surface area (Å²) in [4.78, 5) is 83.5. The second-order valence-corrected chi connectivity index (χ2v) is 17.4. The molecule has 1 aromatic rings. The lowest BCUT2D eigenvalue weighted by molar-refractivity contribution is -0.159. The fourth-order valence-corrected chi connectivity index (χ4v) is 8.32. The molecule has 282 valence electrons. The average molecular weight is 744 g/mol. The van der Waals surface area contributed by atoms with Crippen molar-refractivity contribution in [1.82, 2.24) is 14.5 Å². The van der Waals surface area contributed by atoms with Crippen LogP contribution in [-0.2, 0) is 56.6 Å². The van der Waals surface area contributed by atoms with Crippen molar-refractivity contribution in [3.8, 4) is 0 Å². The highest BCUT2D eigenvalue weighted by molar-refractivity contribution is 7.90. The van der Waals surface area contributed by atoms with E-state index in [9.17, 15) is 41.6 Å². The van der Waals surface area contributed by atoms with E-state index in [0.29, 0.717) is 24.0 Å². The zero-order valence-corrected chi connectivity index (χ0v) is 30.8. The number of likely N-dealkylation sites (tertiary alicyclic amines) is 1. The first-order valence-corrected chi connectivity index (χ1v) is 18.9. The molecule has 15 heteroatoms. The monoisotopic (exact) mass is 743 g/mol. The lowest BCUT2D eigenvalue weighted by atomic mass is 9.90. The van der Waals surface area contributed by atoms with Crippen LogP contribution < -0.4 is 4.72 Å². The number of carbonyl (C=O) groups excluding carboxylic acids is 6. The Morgan fingerprint density at radius 3 is 2.38 bits per heavy atom. The highest BCUT2D eigenvalue weighted by Crippen LogP contribution is 2.57. The summed E-state index contributed by atoms with van der Waals surface area (Å²) < 4.78 is 53.0. The van der Waals surface area contributed by atoms with Crippen molar-refractivity contribution in [1.29, 1.82) is 0 Å². The van der Waals surface area contributed by atoms with Crippen molar-refractivity contribution in [3.05, 3.63) is 60.0 Å². The van der Waals surface area contributed by atoms with Gasteiger partial charge in [-0.2, -0.15) is 0 Å². The van der Waals surface area contributed by atoms with Gasteiger partial charge in [0.1, 0.15) is 17.5 Å². The van der Waals surface area contributed by atoms with E-state index in [0.717, 1.165) is 4.90 Å². The lowest BCUT2D eigenvalue weighted by Gasteiger charge is -2.29. The van der Waals surface area contributed by atoms with Gasteiger partial charge in [-0.25, -0.2) is 17.6 Å². The fraction of sp³-hybridized carbons (Fsp3) is 0.568. The van der Waals surface area contributed by atoms with Gasteiger partial charge in [0.25, 0.3) is 0 Å². The van der Waals surface area contributed by atoms with Crippen molar-refractivity contribution in [2.45, 2.75) is 109 Å². The van der Waals surface area contributed by atoms with E-state index >= 15 is 0 Å². The van der Waals surface area contributed by atoms with E-state index < -0.39 is 111 Å². The maximum atomic E-state index is 14.4. The molecular formula is C37H46FN3O10S. The van der Waals surface area contributed by atoms with Gasteiger partial charge in [-0.05, 0) is 70.1 Å². The zero-order valence-electron chi connectivity index (χ0n) is 29.9. The number of esters is 1. The van der Waals surface area contributed by atoms with Gasteiger partial charge in [-0.1, -0.05) is 24.8 Å². The zero-order chi connectivity index (χ0) is 38.3. The SMILES string of the molecule is C=C[C@@H]1C[C@]1(CC(=O)[C@@H]1CC(OC(=O)N2Cc3cccc(F)c3C2)CN1C(=O)[C@@H](CC(=O)OC(C)(C)C)CC(=O)C(=C)C)C(=O)NS(=O)(=O)C1CC1. The first kappa shape index (κ1) is 38.8. The smallest absolute Gasteiger partial charge is 0.410 e. The second-order valence-electron chi connectivity index (χ2n) is 15.4. The molecule has 0 aromatic heterocycles. The van der Waals surface area contributed by atoms with Crippen molar-refractivity contribution in [2.24, 2.45) is 17.3 Å². The number of carbonyl (C=O) groups is 6. The molecule has 5 atom stereocenters. The summed E-state index contributed by atoms with van der Waals surface area (Å²) in [7, 11) is -3.93. The number of allylic oxidation sites excluding steroid dienone is 2. The number of rotatable bonds is 14. The summed E-state index contributed by atoms with van der Waals surface area (Å²) in [6.45, 7) is 13.6. The van der Waals surface area contributed by atoms with Gasteiger partial charge in [0.15, 0.2) is 11.6 Å². The third kappa shape index (κ3) is 8.62. The molecule has 3 amide bonds. The number of Topliss-reactive ketones (excluding diaryl/α,β-unsaturated/α-hetero) is 2. The van der Waals surface area contributed by atoms with E-state index in [1.807, 2.05) is 0 Å². The molecule has 1 unspecified atom stereocenters. The predicted octanol–water partition coefficient (Wildman–Crippen LogP) is 3.89. The Balaban J connectivity index is 1.39. The molecule has 0 spiro atoms. The minimum absolute atomic E-state index is 0.0378. The van der Waals surface area contributed by atoms with Gasteiger partial charge in [-0.15, -0.1) is 6.58 Å². The molecule has 1 N–H and O–H groups in total. The van der Waals surface area contributed by atoms with E-state index in [1.165, 1.54) is 30.0 Å². The summed E-state index contributed by atoms with van der Waals surface area (Å²) >= 11 is 0. The maximum Gasteiger partial charge on any atom is 0.410 e. The molecule has 2 heterocycles. The third-order valence-electron chi connectivity index (χ3n) is 10.0. The number of hydrogen-bond acceptors (Lipinski definition) is 10. The number of fused-ring (bicyclic) bond motifs is 1. The molecule has 2 aliphatic heterocycles. The number of ketones is 2. The summed E-state index contributed by atoms with van der Waals surface area (Å²) in [5.74, 6) is -5.60. The van der Waals surface area contributed by atoms with Crippen molar-refractivity contribution < 1.29 is 51.0 Å². The fourth-order valence-electron chi connectivity index (χ4n) is 6.93. The van der Waals surface area contributed by atoms with Crippen LogP contribution >= 0.6 is 0 Å². The quantitative estimate of drug-likeness (QED) is 0.167. The van der Waals surface area contributed by atoms with Crippen LogP contribution in [0.3, 0.4) is 0 Å². The molecule has 1 saturated heterocycles. The Labute approximate surface area is 303 Å². The molecule has 1 aromatic carbocycles. The summed E-state index contributed by atoms with van der Waals surface area (Å²) in [6.07, 6.45) is -0.821. The number of halogens is 1. The van der Waals surface area contributed by atoms with Crippen LogP contribution in [0.25, 0.3) is 0 Å². The first-order chi connectivity index (χ1) is 24.2. The molecule has 3 fully saturated rings. The minimum Gasteiger partial charge on any atom is -0.460 e. The Morgan fingerprint density at radius 2 is 1.81 bits per heavy atom. The molecule has 2 saturated carbocycles. The highest BCUT2D eigenvalue weighted by Gasteiger charge is 2.61. The molecule has 2 aliphatic carbocycles. The van der Waals surface area contributed by atoms with Gasteiger partial charge < -0.3 is 14.4 Å². The Hall–Kier alpha value is -4.40. The van der Waals surface area contributed by atoms with Gasteiger partial charge in [0.2, 0.25) is 21.8 Å². The molecule has 5 rings (SSSR count). The Morgan fingerprint density at radius 1 is 1.12 bits per heavy atom. The standard InChI is InChI=1S/C37H46FN3O10S/c1-7-24-16-37(24,34(46)39-52(48,49)26-11-12-26)17-31(43)29-15-25(50-35(47)40-18-22-9-8-10-28(38)27(22)20-40)19-41(29)33(45)23(13-30(42)21(2)3)14-32(44)51-36(4,5)6/h7-10,23-26,29H,1-2,11-20H2,3-6H3,(H,39,46)/t23-,24-,25?,29+,37-/m1/s1. The minimum atomic E-state index is -3.93. The summed E-state index contributed by atoms with van der Waals surface area (Å²) in [5, 5.41) is -0.674. The van der Waals surface area contributed by atoms with Crippen LogP contribution in [0.5, 0.6) is 0 Å². The van der Waals surface area contributed by atoms with E-state index in [-0.39, 0.29) is 38.0 Å². The highest BCUT2D eigenvalue weighted by atomic mass is 32.2. The third-order valence-corrected chi connectivity index (χ3v) is 11.8. The molecule has 0 bridgehead atoms. The molecular weight excluding hydrogens is 697 g/mol. The van der Waals surface area contributed by atoms with E-state index in [1.54, 1.807) is 26.8 Å². The number of sulfonamides is 1. The van der Waals surface area contributed by atoms with Crippen LogP contribution in [0.4, 0.5) is 9.18 Å². The normalized spacial score (nSPS) is 24.4. The lowest BCUT2D eigenvalue weighted by Crippen LogP contribution is -2.47. The van der Waals surface area contributed by atoms with Gasteiger partial charge in [0, 0.05) is 31.4 Å². The van der Waals surface area contributed by atoms with E-state index in [2.05, 4.69) is 17.9 Å². The maximum absolute atomic E-state index is 14.4. The molecule has 0 radical (unpaired) electrons. The van der Waals surface area contributed by atoms with Gasteiger partial charge in [-0.3, -0.25) is 33.6 Å². The summed E-state index contributed by atoms with van der Waals surface area (Å²) in [6, 6.07) is 3.28. The van der Waals surface area contributed by atoms with Crippen LogP contribution in [0.2, 0.25) is 0 Å². The number of nitrogens with zero attached hydrogens (tertiary/aromatic N) is 2. The summed E-state index contributed by atoms with van der Waals surface area (Å²) in [5.41, 5.74) is -1.17. The van der Waals surface area contributed by atoms with Gasteiger partial charge in [0.05, 0.1) is 42.1 Å². The number of nitrogens with one attached hydrogen (secondary N) is 1. The number of amides is 3. The Bertz CT molecular complexity index is 1820. The van der Waals surface area contributed by atoms with Crippen molar-refractivity contribution in [2.75, 3.05) is 6.54 Å². The average Bonchev–Trinajstić information content (AvgIpc) is 3.94. The van der Waals surface area contributed by atoms with E-state index in [4.69, 9.17) is 9.47 Å². The number of ether oxygens (including phenoxy) is 2. The Kier molecular flexibility index (Phi) is 10.9. The van der Waals surface area contributed by atoms with Crippen LogP contribution in [0, 0.1) is 23.1 Å². The largest absolute Gasteiger partial charge is 0.460 e.